The molecular formula is C11H18N2O4S2. The average Bonchev–Trinajstić information content (AvgIpc) is 2.89. The Bertz CT molecular complexity index is 495. The molecule has 1 saturated heterocycles. The molecule has 1 aliphatic rings. The van der Waals surface area contributed by atoms with Crippen LogP contribution in [0.2, 0.25) is 0 Å². The van der Waals surface area contributed by atoms with Gasteiger partial charge in [-0.1, -0.05) is 0 Å². The van der Waals surface area contributed by atoms with E-state index in [9.17, 15) is 8.42 Å². The van der Waals surface area contributed by atoms with E-state index in [1.54, 1.807) is 0 Å². The molecule has 0 unspecified atom stereocenters. The molecule has 2 heterocycles. The van der Waals surface area contributed by atoms with Gasteiger partial charge in [0, 0.05) is 37.7 Å². The van der Waals surface area contributed by atoms with Crippen molar-refractivity contribution in [2.45, 2.75) is 11.7 Å². The fraction of sp³-hybridized carbons (Fsp3) is 0.636. The first-order valence-electron chi connectivity index (χ1n) is 6.11. The number of sulfonamides is 1. The molecule has 108 valence electrons. The van der Waals surface area contributed by atoms with Gasteiger partial charge in [0.25, 0.3) is 10.0 Å². The zero-order chi connectivity index (χ0) is 13.7. The second-order valence-corrected chi connectivity index (χ2v) is 7.15. The average molecular weight is 306 g/mol. The van der Waals surface area contributed by atoms with E-state index in [1.165, 1.54) is 12.1 Å². The highest BCUT2D eigenvalue weighted by Gasteiger charge is 2.19. The van der Waals surface area contributed by atoms with E-state index in [1.807, 2.05) is 11.8 Å². The zero-order valence-corrected chi connectivity index (χ0v) is 12.2. The highest BCUT2D eigenvalue weighted by atomic mass is 32.2. The second kappa shape index (κ2) is 6.76. The van der Waals surface area contributed by atoms with Gasteiger partial charge in [-0.2, -0.15) is 11.8 Å². The van der Waals surface area contributed by atoms with Gasteiger partial charge in [-0.05, 0) is 12.1 Å². The van der Waals surface area contributed by atoms with Crippen LogP contribution in [0.3, 0.4) is 0 Å². The maximum atomic E-state index is 11.9. The van der Waals surface area contributed by atoms with Gasteiger partial charge < -0.3 is 14.4 Å². The molecule has 2 rings (SSSR count). The molecule has 1 fully saturated rings. The minimum atomic E-state index is -3.61. The molecule has 1 aromatic rings. The van der Waals surface area contributed by atoms with E-state index in [4.69, 9.17) is 9.52 Å². The first kappa shape index (κ1) is 14.9. The summed E-state index contributed by atoms with van der Waals surface area (Å²) < 4.78 is 31.3. The van der Waals surface area contributed by atoms with Gasteiger partial charge in [0.05, 0.1) is 0 Å². The van der Waals surface area contributed by atoms with Crippen LogP contribution < -0.4 is 4.72 Å². The van der Waals surface area contributed by atoms with Crippen molar-refractivity contribution >= 4 is 21.8 Å². The summed E-state index contributed by atoms with van der Waals surface area (Å²) >= 11 is 1.92. The first-order chi connectivity index (χ1) is 9.12. The van der Waals surface area contributed by atoms with Crippen molar-refractivity contribution in [1.29, 1.82) is 0 Å². The number of nitrogens with zero attached hydrogens (tertiary/aromatic N) is 1. The van der Waals surface area contributed by atoms with Gasteiger partial charge in [0.1, 0.15) is 12.4 Å². The van der Waals surface area contributed by atoms with E-state index in [0.29, 0.717) is 13.1 Å². The third-order valence-electron chi connectivity index (χ3n) is 2.88. The number of aliphatic hydroxyl groups is 1. The summed E-state index contributed by atoms with van der Waals surface area (Å²) in [5.41, 5.74) is 0. The van der Waals surface area contributed by atoms with E-state index < -0.39 is 10.0 Å². The summed E-state index contributed by atoms with van der Waals surface area (Å²) in [6.07, 6.45) is 0. The summed E-state index contributed by atoms with van der Waals surface area (Å²) in [5.74, 6) is 2.45. The molecule has 0 radical (unpaired) electrons. The van der Waals surface area contributed by atoms with Crippen molar-refractivity contribution < 1.29 is 17.9 Å². The highest BCUT2D eigenvalue weighted by molar-refractivity contribution is 7.99. The smallest absolute Gasteiger partial charge is 0.274 e. The van der Waals surface area contributed by atoms with Crippen molar-refractivity contribution in [3.8, 4) is 0 Å². The standard InChI is InChI=1S/C11H18N2O4S2/c14-9-10-1-2-11(17-10)19(15,16)12-3-4-13-5-7-18-8-6-13/h1-2,12,14H,3-9H2. The van der Waals surface area contributed by atoms with E-state index in [-0.39, 0.29) is 17.5 Å². The van der Waals surface area contributed by atoms with Crippen molar-refractivity contribution in [2.75, 3.05) is 37.7 Å². The van der Waals surface area contributed by atoms with Crippen LogP contribution in [0.15, 0.2) is 21.6 Å². The lowest BCUT2D eigenvalue weighted by atomic mass is 10.5. The quantitative estimate of drug-likeness (QED) is 0.775. The first-order valence-corrected chi connectivity index (χ1v) is 8.75. The van der Waals surface area contributed by atoms with E-state index in [0.717, 1.165) is 24.6 Å². The number of aliphatic hydroxyl groups excluding tert-OH is 1. The summed E-state index contributed by atoms with van der Waals surface area (Å²) in [5, 5.41) is 8.70. The van der Waals surface area contributed by atoms with Crippen LogP contribution in [-0.4, -0.2) is 56.1 Å². The van der Waals surface area contributed by atoms with Gasteiger partial charge >= 0.3 is 0 Å². The van der Waals surface area contributed by atoms with Crippen LogP contribution in [0.25, 0.3) is 0 Å². The maximum absolute atomic E-state index is 11.9. The SMILES string of the molecule is O=S(=O)(NCCN1CCSCC1)c1ccc(CO)o1. The lowest BCUT2D eigenvalue weighted by molar-refractivity contribution is 0.236. The van der Waals surface area contributed by atoms with Crippen LogP contribution in [-0.2, 0) is 16.6 Å². The van der Waals surface area contributed by atoms with Crippen molar-refractivity contribution in [2.24, 2.45) is 0 Å². The van der Waals surface area contributed by atoms with Crippen LogP contribution in [0.5, 0.6) is 0 Å². The van der Waals surface area contributed by atoms with Crippen LogP contribution in [0.1, 0.15) is 5.76 Å². The Morgan fingerprint density at radius 3 is 2.74 bits per heavy atom. The zero-order valence-electron chi connectivity index (χ0n) is 10.5. The molecule has 8 heteroatoms. The lowest BCUT2D eigenvalue weighted by Gasteiger charge is -2.25. The minimum absolute atomic E-state index is 0.147. The normalized spacial score (nSPS) is 17.7. The lowest BCUT2D eigenvalue weighted by Crippen LogP contribution is -2.39. The van der Waals surface area contributed by atoms with Gasteiger partial charge in [0.15, 0.2) is 0 Å². The van der Waals surface area contributed by atoms with Crippen molar-refractivity contribution in [1.82, 2.24) is 9.62 Å². The summed E-state index contributed by atoms with van der Waals surface area (Å²) in [6, 6.07) is 2.81. The molecule has 0 bridgehead atoms. The molecular weight excluding hydrogens is 288 g/mol. The molecule has 2 N–H and O–H groups in total. The molecule has 0 aliphatic carbocycles. The maximum Gasteiger partial charge on any atom is 0.274 e. The van der Waals surface area contributed by atoms with Crippen molar-refractivity contribution in [3.63, 3.8) is 0 Å². The Kier molecular flexibility index (Phi) is 5.28. The summed E-state index contributed by atoms with van der Waals surface area (Å²) in [4.78, 5) is 2.24. The molecule has 1 aliphatic heterocycles. The molecule has 0 spiro atoms. The Morgan fingerprint density at radius 1 is 1.37 bits per heavy atom. The van der Waals surface area contributed by atoms with E-state index in [2.05, 4.69) is 9.62 Å². The third-order valence-corrected chi connectivity index (χ3v) is 5.16. The van der Waals surface area contributed by atoms with Crippen LogP contribution >= 0.6 is 11.8 Å². The predicted octanol–water partition coefficient (Wildman–Crippen LogP) is 0.0990. The number of thioether (sulfide) groups is 1. The van der Waals surface area contributed by atoms with Crippen LogP contribution in [0, 0.1) is 0 Å². The summed E-state index contributed by atoms with van der Waals surface area (Å²) in [6.45, 7) is 2.76. The van der Waals surface area contributed by atoms with Gasteiger partial charge in [-0.3, -0.25) is 0 Å². The Labute approximate surface area is 117 Å². The van der Waals surface area contributed by atoms with Crippen LogP contribution in [0.4, 0.5) is 0 Å². The molecule has 0 atom stereocenters. The fourth-order valence-electron chi connectivity index (χ4n) is 1.82. The monoisotopic (exact) mass is 306 g/mol. The topological polar surface area (TPSA) is 82.8 Å². The van der Waals surface area contributed by atoms with Gasteiger partial charge in [-0.15, -0.1) is 0 Å². The second-order valence-electron chi connectivity index (χ2n) is 4.23. The number of hydrogen-bond acceptors (Lipinski definition) is 6. The Hall–Kier alpha value is -0.540. The van der Waals surface area contributed by atoms with Gasteiger partial charge in [0.2, 0.25) is 5.09 Å². The minimum Gasteiger partial charge on any atom is -0.446 e. The number of rotatable bonds is 6. The fourth-order valence-corrected chi connectivity index (χ4v) is 3.77. The molecule has 0 amide bonds. The Balaban J connectivity index is 1.83. The van der Waals surface area contributed by atoms with Gasteiger partial charge in [-0.25, -0.2) is 13.1 Å². The number of furan rings is 1. The Morgan fingerprint density at radius 2 is 2.11 bits per heavy atom. The highest BCUT2D eigenvalue weighted by Crippen LogP contribution is 2.13. The largest absolute Gasteiger partial charge is 0.446 e. The van der Waals surface area contributed by atoms with E-state index >= 15 is 0 Å². The molecule has 1 aromatic heterocycles. The number of nitrogens with one attached hydrogen (secondary N) is 1. The molecule has 0 saturated carbocycles. The number of hydrogen-bond donors (Lipinski definition) is 2. The third kappa shape index (κ3) is 4.22. The molecule has 0 aromatic carbocycles. The summed E-state index contributed by atoms with van der Waals surface area (Å²) in [7, 11) is -3.61. The van der Waals surface area contributed by atoms with Crippen molar-refractivity contribution in [3.05, 3.63) is 17.9 Å². The molecule has 6 nitrogen and oxygen atoms in total. The predicted molar refractivity (Wildman–Crippen MR) is 73.6 cm³/mol. The molecule has 19 heavy (non-hydrogen) atoms.